The average Bonchev–Trinajstić information content (AvgIpc) is 3.28. The van der Waals surface area contributed by atoms with Gasteiger partial charge in [-0.15, -0.1) is 0 Å². The maximum absolute atomic E-state index is 12.8. The smallest absolute Gasteiger partial charge is 0.306 e. The highest BCUT2D eigenvalue weighted by atomic mass is 16.6. The topological polar surface area (TPSA) is 78.9 Å². The molecule has 0 aliphatic rings. The molecule has 0 aliphatic carbocycles. The molecule has 0 saturated carbocycles. The van der Waals surface area contributed by atoms with Crippen molar-refractivity contribution in [1.82, 2.24) is 0 Å². The van der Waals surface area contributed by atoms with Crippen LogP contribution in [0.3, 0.4) is 0 Å². The van der Waals surface area contributed by atoms with Gasteiger partial charge in [0, 0.05) is 19.3 Å². The standard InChI is InChI=1S/C57H96O6/c1-4-7-10-13-16-19-22-25-28-31-34-37-40-43-46-49-55(58)61-52-54(63-57(60)51-48-45-42-39-36-33-30-27-24-21-18-15-12-9-6-3)53-62-56(59)50-47-44-41-38-35-32-29-26-23-20-17-14-11-8-5-2/h7,10,16-17,19-21,24-26,28-29,34,37,54H,4-6,8-9,11-15,18,22-23,27,30-33,35-36,38-53H2,1-3H3/b10-7-,19-16-,20-17-,24-21-,28-25-,29-26-,37-34-/t54-/m1/s1. The second-order valence-electron chi connectivity index (χ2n) is 17.0. The van der Waals surface area contributed by atoms with Gasteiger partial charge in [-0.3, -0.25) is 14.4 Å². The van der Waals surface area contributed by atoms with E-state index >= 15 is 0 Å². The fraction of sp³-hybridized carbons (Fsp3) is 0.702. The Morgan fingerprint density at radius 2 is 0.619 bits per heavy atom. The van der Waals surface area contributed by atoms with Crippen LogP contribution in [0.25, 0.3) is 0 Å². The first-order chi connectivity index (χ1) is 31.0. The highest BCUT2D eigenvalue weighted by Crippen LogP contribution is 2.13. The van der Waals surface area contributed by atoms with Crippen molar-refractivity contribution in [3.63, 3.8) is 0 Å². The first-order valence-corrected chi connectivity index (χ1v) is 26.1. The average molecular weight is 877 g/mol. The lowest BCUT2D eigenvalue weighted by Gasteiger charge is -2.18. The molecule has 0 amide bonds. The van der Waals surface area contributed by atoms with Crippen molar-refractivity contribution in [2.24, 2.45) is 0 Å². The minimum Gasteiger partial charge on any atom is -0.462 e. The summed E-state index contributed by atoms with van der Waals surface area (Å²) in [5.41, 5.74) is 0. The van der Waals surface area contributed by atoms with Crippen LogP contribution >= 0.6 is 0 Å². The number of carbonyl (C=O) groups is 3. The molecule has 0 spiro atoms. The van der Waals surface area contributed by atoms with Crippen molar-refractivity contribution < 1.29 is 28.6 Å². The summed E-state index contributed by atoms with van der Waals surface area (Å²) in [5.74, 6) is -0.960. The Bertz CT molecular complexity index is 1240. The summed E-state index contributed by atoms with van der Waals surface area (Å²) in [6.45, 7) is 6.43. The predicted molar refractivity (Wildman–Crippen MR) is 270 cm³/mol. The molecule has 0 rings (SSSR count). The lowest BCUT2D eigenvalue weighted by Crippen LogP contribution is -2.30. The van der Waals surface area contributed by atoms with Crippen LogP contribution in [-0.4, -0.2) is 37.2 Å². The molecule has 0 aromatic carbocycles. The Morgan fingerprint density at radius 3 is 1.05 bits per heavy atom. The summed E-state index contributed by atoms with van der Waals surface area (Å²) in [6.07, 6.45) is 65.6. The number of rotatable bonds is 46. The number of esters is 3. The lowest BCUT2D eigenvalue weighted by atomic mass is 10.1. The van der Waals surface area contributed by atoms with Gasteiger partial charge >= 0.3 is 17.9 Å². The number of unbranched alkanes of at least 4 members (excludes halogenated alkanes) is 21. The molecule has 0 N–H and O–H groups in total. The van der Waals surface area contributed by atoms with Crippen LogP contribution in [0.2, 0.25) is 0 Å². The van der Waals surface area contributed by atoms with Crippen LogP contribution in [-0.2, 0) is 28.6 Å². The van der Waals surface area contributed by atoms with E-state index in [-0.39, 0.29) is 31.1 Å². The third-order valence-electron chi connectivity index (χ3n) is 10.9. The zero-order chi connectivity index (χ0) is 45.8. The maximum atomic E-state index is 12.8. The fourth-order valence-electron chi connectivity index (χ4n) is 6.93. The third kappa shape index (κ3) is 49.5. The highest BCUT2D eigenvalue weighted by molar-refractivity contribution is 5.71. The molecule has 63 heavy (non-hydrogen) atoms. The van der Waals surface area contributed by atoms with Crippen LogP contribution < -0.4 is 0 Å². The van der Waals surface area contributed by atoms with E-state index in [1.54, 1.807) is 0 Å². The molecule has 6 heteroatoms. The van der Waals surface area contributed by atoms with Crippen LogP contribution in [0.1, 0.15) is 239 Å². The fourth-order valence-corrected chi connectivity index (χ4v) is 6.93. The van der Waals surface area contributed by atoms with Crippen molar-refractivity contribution in [2.45, 2.75) is 245 Å². The van der Waals surface area contributed by atoms with E-state index in [9.17, 15) is 14.4 Å². The Morgan fingerprint density at radius 1 is 0.333 bits per heavy atom. The SMILES string of the molecule is CC/C=C\C/C=C\C/C=C\C/C=C\CCCCC(=O)OC[C@H](COC(=O)CCCCCCC/C=C\C/C=C\CCCCC)OC(=O)CCCCCCCCC/C=C\CCCCCC. The third-order valence-corrected chi connectivity index (χ3v) is 10.9. The van der Waals surface area contributed by atoms with Crippen LogP contribution in [0.15, 0.2) is 85.1 Å². The van der Waals surface area contributed by atoms with E-state index in [4.69, 9.17) is 14.2 Å². The largest absolute Gasteiger partial charge is 0.462 e. The van der Waals surface area contributed by atoms with Crippen molar-refractivity contribution in [3.05, 3.63) is 85.1 Å². The monoisotopic (exact) mass is 877 g/mol. The zero-order valence-electron chi connectivity index (χ0n) is 41.1. The van der Waals surface area contributed by atoms with Gasteiger partial charge in [0.2, 0.25) is 0 Å². The predicted octanol–water partition coefficient (Wildman–Crippen LogP) is 17.2. The molecule has 0 aromatic rings. The first-order valence-electron chi connectivity index (χ1n) is 26.1. The Balaban J connectivity index is 4.48. The Hall–Kier alpha value is -3.41. The molecule has 6 nitrogen and oxygen atoms in total. The Labute approximate surface area is 388 Å². The quantitative estimate of drug-likeness (QED) is 0.0262. The molecule has 1 atom stereocenters. The van der Waals surface area contributed by atoms with Gasteiger partial charge in [-0.2, -0.15) is 0 Å². The van der Waals surface area contributed by atoms with Crippen molar-refractivity contribution in [2.75, 3.05) is 13.2 Å². The van der Waals surface area contributed by atoms with Crippen molar-refractivity contribution >= 4 is 17.9 Å². The second-order valence-corrected chi connectivity index (χ2v) is 17.0. The van der Waals surface area contributed by atoms with E-state index in [0.717, 1.165) is 109 Å². The highest BCUT2D eigenvalue weighted by Gasteiger charge is 2.19. The van der Waals surface area contributed by atoms with Gasteiger partial charge in [-0.05, 0) is 116 Å². The summed E-state index contributed by atoms with van der Waals surface area (Å²) in [5, 5.41) is 0. The number of allylic oxidation sites excluding steroid dienone is 14. The van der Waals surface area contributed by atoms with Crippen molar-refractivity contribution in [1.29, 1.82) is 0 Å². The zero-order valence-corrected chi connectivity index (χ0v) is 41.1. The lowest BCUT2D eigenvalue weighted by molar-refractivity contribution is -0.167. The maximum Gasteiger partial charge on any atom is 0.306 e. The van der Waals surface area contributed by atoms with E-state index in [0.29, 0.717) is 19.3 Å². The van der Waals surface area contributed by atoms with E-state index < -0.39 is 6.10 Å². The first kappa shape index (κ1) is 59.6. The molecule has 0 radical (unpaired) electrons. The normalized spacial score (nSPS) is 12.7. The van der Waals surface area contributed by atoms with Gasteiger partial charge in [0.25, 0.3) is 0 Å². The van der Waals surface area contributed by atoms with Crippen molar-refractivity contribution in [3.8, 4) is 0 Å². The number of carbonyl (C=O) groups excluding carboxylic acids is 3. The van der Waals surface area contributed by atoms with Crippen LogP contribution in [0.5, 0.6) is 0 Å². The second kappa shape index (κ2) is 51.2. The van der Waals surface area contributed by atoms with Gasteiger partial charge in [0.05, 0.1) is 0 Å². The molecule has 0 aromatic heterocycles. The van der Waals surface area contributed by atoms with Gasteiger partial charge in [-0.1, -0.05) is 189 Å². The molecule has 0 fully saturated rings. The molecule has 0 heterocycles. The molecular formula is C57H96O6. The van der Waals surface area contributed by atoms with Gasteiger partial charge in [-0.25, -0.2) is 0 Å². The van der Waals surface area contributed by atoms with E-state index in [1.807, 2.05) is 0 Å². The van der Waals surface area contributed by atoms with E-state index in [1.165, 1.54) is 89.9 Å². The molecule has 0 unspecified atom stereocenters. The minimum absolute atomic E-state index is 0.0992. The molecule has 0 bridgehead atoms. The number of ether oxygens (including phenoxy) is 3. The van der Waals surface area contributed by atoms with Gasteiger partial charge < -0.3 is 14.2 Å². The summed E-state index contributed by atoms with van der Waals surface area (Å²) in [7, 11) is 0. The molecule has 0 aliphatic heterocycles. The number of hydrogen-bond donors (Lipinski definition) is 0. The number of hydrogen-bond acceptors (Lipinski definition) is 6. The summed E-state index contributed by atoms with van der Waals surface area (Å²) >= 11 is 0. The molecular weight excluding hydrogens is 781 g/mol. The summed E-state index contributed by atoms with van der Waals surface area (Å²) < 4.78 is 16.8. The Kier molecular flexibility index (Phi) is 48.5. The molecule has 360 valence electrons. The van der Waals surface area contributed by atoms with Crippen LogP contribution in [0.4, 0.5) is 0 Å². The summed E-state index contributed by atoms with van der Waals surface area (Å²) in [6, 6.07) is 0. The summed E-state index contributed by atoms with van der Waals surface area (Å²) in [4.78, 5) is 38.0. The van der Waals surface area contributed by atoms with Gasteiger partial charge in [0.15, 0.2) is 6.10 Å². The van der Waals surface area contributed by atoms with E-state index in [2.05, 4.69) is 106 Å². The minimum atomic E-state index is -0.801. The molecule has 0 saturated heterocycles. The van der Waals surface area contributed by atoms with Crippen LogP contribution in [0, 0.1) is 0 Å². The van der Waals surface area contributed by atoms with Gasteiger partial charge in [0.1, 0.15) is 13.2 Å².